The van der Waals surface area contributed by atoms with Gasteiger partial charge < -0.3 is 14.8 Å². The molecule has 132 valence electrons. The molecule has 2 aromatic carbocycles. The average molecular weight is 406 g/mol. The highest BCUT2D eigenvalue weighted by Crippen LogP contribution is 2.23. The summed E-state index contributed by atoms with van der Waals surface area (Å²) in [4.78, 5) is 24.0. The van der Waals surface area contributed by atoms with Gasteiger partial charge in [-0.25, -0.2) is 4.79 Å². The number of carbonyl (C=O) groups is 2. The fourth-order valence-corrected chi connectivity index (χ4v) is 2.69. The van der Waals surface area contributed by atoms with E-state index in [0.29, 0.717) is 11.4 Å². The van der Waals surface area contributed by atoms with Gasteiger partial charge in [-0.2, -0.15) is 0 Å². The first-order valence-corrected chi connectivity index (χ1v) is 8.61. The van der Waals surface area contributed by atoms with Gasteiger partial charge in [-0.05, 0) is 66.0 Å². The molecule has 0 bridgehead atoms. The first kappa shape index (κ1) is 19.0. The van der Waals surface area contributed by atoms with E-state index in [1.165, 1.54) is 6.92 Å². The third-order valence-corrected chi connectivity index (χ3v) is 4.16. The molecule has 0 fully saturated rings. The number of nitrogens with one attached hydrogen (secondary N) is 1. The number of halogens is 1. The zero-order chi connectivity index (χ0) is 18.4. The lowest BCUT2D eigenvalue weighted by atomic mass is 10.2. The highest BCUT2D eigenvalue weighted by atomic mass is 79.9. The molecule has 0 radical (unpaired) electrons. The van der Waals surface area contributed by atoms with E-state index in [-0.39, 0.29) is 6.61 Å². The maximum absolute atomic E-state index is 12.2. The fourth-order valence-electron chi connectivity index (χ4n) is 2.10. The van der Waals surface area contributed by atoms with Crippen LogP contribution < -0.4 is 10.1 Å². The molecule has 5 nitrogen and oxygen atoms in total. The minimum atomic E-state index is -0.929. The van der Waals surface area contributed by atoms with Crippen LogP contribution in [0.1, 0.15) is 18.1 Å². The predicted octanol–water partition coefficient (Wildman–Crippen LogP) is 4.02. The summed E-state index contributed by atoms with van der Waals surface area (Å²) >= 11 is 3.39. The van der Waals surface area contributed by atoms with Crippen molar-refractivity contribution in [2.45, 2.75) is 26.9 Å². The summed E-state index contributed by atoms with van der Waals surface area (Å²) in [6.45, 7) is 5.10. The van der Waals surface area contributed by atoms with Crippen LogP contribution in [-0.4, -0.2) is 24.6 Å². The fraction of sp³-hybridized carbons (Fsp3) is 0.263. The summed E-state index contributed by atoms with van der Waals surface area (Å²) in [6.07, 6.45) is -0.929. The molecule has 0 heterocycles. The number of ether oxygens (including phenoxy) is 2. The number of rotatable bonds is 6. The van der Waals surface area contributed by atoms with Gasteiger partial charge >= 0.3 is 5.97 Å². The Morgan fingerprint density at radius 2 is 1.88 bits per heavy atom. The van der Waals surface area contributed by atoms with Gasteiger partial charge in [0.2, 0.25) is 0 Å². The van der Waals surface area contributed by atoms with Crippen molar-refractivity contribution in [3.63, 3.8) is 0 Å². The van der Waals surface area contributed by atoms with Crippen LogP contribution in [0.3, 0.4) is 0 Å². The Balaban J connectivity index is 1.85. The minimum Gasteiger partial charge on any atom is -0.482 e. The van der Waals surface area contributed by atoms with Crippen molar-refractivity contribution in [2.24, 2.45) is 0 Å². The number of hydrogen-bond donors (Lipinski definition) is 1. The number of hydrogen-bond acceptors (Lipinski definition) is 4. The van der Waals surface area contributed by atoms with Crippen molar-refractivity contribution in [1.82, 2.24) is 0 Å². The topological polar surface area (TPSA) is 64.6 Å². The van der Waals surface area contributed by atoms with Crippen LogP contribution in [0, 0.1) is 13.8 Å². The molecule has 2 rings (SSSR count). The maximum atomic E-state index is 12.2. The maximum Gasteiger partial charge on any atom is 0.344 e. The van der Waals surface area contributed by atoms with Gasteiger partial charge in [0.25, 0.3) is 5.91 Å². The lowest BCUT2D eigenvalue weighted by molar-refractivity contribution is -0.155. The van der Waals surface area contributed by atoms with Gasteiger partial charge in [0.15, 0.2) is 12.7 Å². The molecule has 0 aliphatic rings. The van der Waals surface area contributed by atoms with Crippen LogP contribution >= 0.6 is 15.9 Å². The van der Waals surface area contributed by atoms with Crippen LogP contribution in [0.15, 0.2) is 46.9 Å². The van der Waals surface area contributed by atoms with Gasteiger partial charge in [0.1, 0.15) is 5.75 Å². The summed E-state index contributed by atoms with van der Waals surface area (Å²) < 4.78 is 11.3. The van der Waals surface area contributed by atoms with Crippen LogP contribution in [0.5, 0.6) is 5.75 Å². The van der Waals surface area contributed by atoms with Gasteiger partial charge in [0, 0.05) is 4.47 Å². The standard InChI is InChI=1S/C19H20BrNO4/c1-12-8-9-16(15(20)10-12)21-19(23)14(3)25-18(22)11-24-17-7-5-4-6-13(17)2/h4-10,14H,11H2,1-3H3,(H,21,23). The highest BCUT2D eigenvalue weighted by Gasteiger charge is 2.19. The van der Waals surface area contributed by atoms with E-state index >= 15 is 0 Å². The lowest BCUT2D eigenvalue weighted by Gasteiger charge is -2.15. The van der Waals surface area contributed by atoms with Gasteiger partial charge in [-0.3, -0.25) is 4.79 Å². The molecule has 2 aromatic rings. The second-order valence-corrected chi connectivity index (χ2v) is 6.51. The zero-order valence-corrected chi connectivity index (χ0v) is 15.9. The molecule has 0 aliphatic heterocycles. The Morgan fingerprint density at radius 3 is 2.56 bits per heavy atom. The van der Waals surface area contributed by atoms with E-state index in [1.807, 2.05) is 44.2 Å². The molecular formula is C19H20BrNO4. The van der Waals surface area contributed by atoms with E-state index in [9.17, 15) is 9.59 Å². The summed E-state index contributed by atoms with van der Waals surface area (Å²) in [6, 6.07) is 12.9. The summed E-state index contributed by atoms with van der Waals surface area (Å²) in [5, 5.41) is 2.72. The Morgan fingerprint density at radius 1 is 1.16 bits per heavy atom. The number of benzene rings is 2. The Kier molecular flexibility index (Phi) is 6.58. The highest BCUT2D eigenvalue weighted by molar-refractivity contribution is 9.10. The van der Waals surface area contributed by atoms with Crippen molar-refractivity contribution in [2.75, 3.05) is 11.9 Å². The van der Waals surface area contributed by atoms with Crippen molar-refractivity contribution in [3.8, 4) is 5.75 Å². The summed E-state index contributed by atoms with van der Waals surface area (Å²) in [5.41, 5.74) is 2.61. The Bertz CT molecular complexity index is 776. The van der Waals surface area contributed by atoms with E-state index in [4.69, 9.17) is 9.47 Å². The largest absolute Gasteiger partial charge is 0.482 e. The lowest BCUT2D eigenvalue weighted by Crippen LogP contribution is -2.31. The van der Waals surface area contributed by atoms with Crippen molar-refractivity contribution in [1.29, 1.82) is 0 Å². The number of amides is 1. The molecular weight excluding hydrogens is 386 g/mol. The SMILES string of the molecule is Cc1ccc(NC(=O)C(C)OC(=O)COc2ccccc2C)c(Br)c1. The molecule has 6 heteroatoms. The second-order valence-electron chi connectivity index (χ2n) is 5.66. The van der Waals surface area contributed by atoms with Crippen LogP contribution in [0.4, 0.5) is 5.69 Å². The van der Waals surface area contributed by atoms with Crippen LogP contribution in [0.2, 0.25) is 0 Å². The molecule has 0 aromatic heterocycles. The van der Waals surface area contributed by atoms with Crippen LogP contribution in [0.25, 0.3) is 0 Å². The summed E-state index contributed by atoms with van der Waals surface area (Å²) in [5.74, 6) is -0.400. The zero-order valence-electron chi connectivity index (χ0n) is 14.3. The molecule has 1 atom stereocenters. The molecule has 0 spiro atoms. The Labute approximate surface area is 155 Å². The first-order valence-electron chi connectivity index (χ1n) is 7.81. The van der Waals surface area contributed by atoms with Crippen molar-refractivity contribution < 1.29 is 19.1 Å². The number of anilines is 1. The minimum absolute atomic E-state index is 0.253. The third-order valence-electron chi connectivity index (χ3n) is 3.50. The van der Waals surface area contributed by atoms with Crippen LogP contribution in [-0.2, 0) is 14.3 Å². The Hall–Kier alpha value is -2.34. The number of aryl methyl sites for hydroxylation is 2. The van der Waals surface area contributed by atoms with E-state index in [2.05, 4.69) is 21.2 Å². The third kappa shape index (κ3) is 5.60. The van der Waals surface area contributed by atoms with E-state index in [0.717, 1.165) is 15.6 Å². The molecule has 1 amide bonds. The average Bonchev–Trinajstić information content (AvgIpc) is 2.56. The number of esters is 1. The first-order chi connectivity index (χ1) is 11.9. The molecule has 0 saturated carbocycles. The van der Waals surface area contributed by atoms with Gasteiger partial charge in [-0.1, -0.05) is 24.3 Å². The molecule has 1 N–H and O–H groups in total. The van der Waals surface area contributed by atoms with E-state index in [1.54, 1.807) is 12.1 Å². The monoisotopic (exact) mass is 405 g/mol. The number of carbonyl (C=O) groups excluding carboxylic acids is 2. The van der Waals surface area contributed by atoms with Crippen molar-refractivity contribution in [3.05, 3.63) is 58.1 Å². The molecule has 25 heavy (non-hydrogen) atoms. The van der Waals surface area contributed by atoms with Crippen molar-refractivity contribution >= 4 is 33.5 Å². The number of para-hydroxylation sites is 1. The molecule has 0 saturated heterocycles. The molecule has 0 aliphatic carbocycles. The smallest absolute Gasteiger partial charge is 0.344 e. The molecule has 1 unspecified atom stereocenters. The van der Waals surface area contributed by atoms with Gasteiger partial charge in [-0.15, -0.1) is 0 Å². The second kappa shape index (κ2) is 8.67. The normalized spacial score (nSPS) is 11.5. The van der Waals surface area contributed by atoms with Gasteiger partial charge in [0.05, 0.1) is 5.69 Å². The predicted molar refractivity (Wildman–Crippen MR) is 99.7 cm³/mol. The van der Waals surface area contributed by atoms with E-state index < -0.39 is 18.0 Å². The quantitative estimate of drug-likeness (QED) is 0.737. The summed E-state index contributed by atoms with van der Waals surface area (Å²) in [7, 11) is 0.